The van der Waals surface area contributed by atoms with Crippen LogP contribution in [0, 0.1) is 0 Å². The zero-order valence-corrected chi connectivity index (χ0v) is 21.4. The van der Waals surface area contributed by atoms with E-state index in [0.29, 0.717) is 13.2 Å². The summed E-state index contributed by atoms with van der Waals surface area (Å²) in [6, 6.07) is 10.3. The van der Waals surface area contributed by atoms with Crippen molar-refractivity contribution in [1.29, 1.82) is 0 Å². The molecule has 0 atom stereocenters. The second kappa shape index (κ2) is 8.92. The quantitative estimate of drug-likeness (QED) is 0.384. The van der Waals surface area contributed by atoms with E-state index in [-0.39, 0.29) is 5.04 Å². The van der Waals surface area contributed by atoms with E-state index >= 15 is 0 Å². The average molecular weight is 435 g/mol. The van der Waals surface area contributed by atoms with Crippen molar-refractivity contribution in [2.75, 3.05) is 0 Å². The van der Waals surface area contributed by atoms with E-state index in [1.807, 2.05) is 12.1 Å². The first-order chi connectivity index (χ1) is 13.2. The Balaban J connectivity index is 2.03. The number of ether oxygens (including phenoxy) is 2. The monoisotopic (exact) mass is 434 g/mol. The highest BCUT2D eigenvalue weighted by molar-refractivity contribution is 7.07. The number of rotatable bonds is 9. The van der Waals surface area contributed by atoms with Gasteiger partial charge in [-0.1, -0.05) is 32.9 Å². The number of benzene rings is 1. The van der Waals surface area contributed by atoms with Gasteiger partial charge < -0.3 is 13.9 Å². The van der Waals surface area contributed by atoms with Gasteiger partial charge in [-0.15, -0.1) is 0 Å². The molecule has 0 spiro atoms. The van der Waals surface area contributed by atoms with Gasteiger partial charge >= 0.3 is 0 Å². The minimum absolute atomic E-state index is 0.201. The van der Waals surface area contributed by atoms with Gasteiger partial charge in [-0.2, -0.15) is 11.3 Å². The molecule has 162 valence electrons. The molecule has 2 aromatic rings. The Morgan fingerprint density at radius 1 is 0.862 bits per heavy atom. The molecule has 2 rings (SSSR count). The second-order valence-corrected chi connectivity index (χ2v) is 15.8. The summed E-state index contributed by atoms with van der Waals surface area (Å²) < 4.78 is 19.0. The molecular formula is C24H38O3SSi. The summed E-state index contributed by atoms with van der Waals surface area (Å²) in [5.74, 6) is 0.846. The predicted octanol–water partition coefficient (Wildman–Crippen LogP) is 7.42. The van der Waals surface area contributed by atoms with Crippen molar-refractivity contribution in [3.05, 3.63) is 52.2 Å². The van der Waals surface area contributed by atoms with Gasteiger partial charge in [0.25, 0.3) is 0 Å². The molecule has 0 aliphatic carbocycles. The fraction of sp³-hybridized carbons (Fsp3) is 0.583. The molecule has 0 aliphatic heterocycles. The summed E-state index contributed by atoms with van der Waals surface area (Å²) in [5, 5.41) is 4.40. The normalized spacial score (nSPS) is 13.6. The Hall–Kier alpha value is -1.14. The van der Waals surface area contributed by atoms with E-state index in [1.54, 1.807) is 11.3 Å². The Bertz CT molecular complexity index is 774. The van der Waals surface area contributed by atoms with Crippen molar-refractivity contribution in [3.63, 3.8) is 0 Å². The standard InChI is InChI=1S/C24H38O3SSi/c1-22(2,3)29(8,9)26-17-19-11-10-12-21(15-19)27-24(6,7)23(4,5)25-16-20-13-14-28-18-20/h10-15,18H,16-17H2,1-9H3. The molecule has 5 heteroatoms. The van der Waals surface area contributed by atoms with E-state index < -0.39 is 19.5 Å². The SMILES string of the molecule is CC(C)(OCc1ccsc1)C(C)(C)Oc1cccc(CO[Si](C)(C)C(C)(C)C)c1. The molecule has 29 heavy (non-hydrogen) atoms. The molecule has 1 aromatic heterocycles. The summed E-state index contributed by atoms with van der Waals surface area (Å²) in [7, 11) is -1.78. The van der Waals surface area contributed by atoms with Crippen LogP contribution < -0.4 is 4.74 Å². The second-order valence-electron chi connectivity index (χ2n) is 10.2. The van der Waals surface area contributed by atoms with Crippen LogP contribution in [0.15, 0.2) is 41.1 Å². The van der Waals surface area contributed by atoms with Crippen LogP contribution in [0.1, 0.15) is 59.6 Å². The first kappa shape index (κ1) is 24.1. The van der Waals surface area contributed by atoms with Gasteiger partial charge in [-0.25, -0.2) is 0 Å². The van der Waals surface area contributed by atoms with Crippen molar-refractivity contribution in [2.45, 2.75) is 91.0 Å². The molecule has 0 bridgehead atoms. The third-order valence-corrected chi connectivity index (χ3v) is 11.5. The van der Waals surface area contributed by atoms with Gasteiger partial charge in [0, 0.05) is 0 Å². The number of hydrogen-bond donors (Lipinski definition) is 0. The summed E-state index contributed by atoms with van der Waals surface area (Å²) in [4.78, 5) is 0. The minimum atomic E-state index is -1.78. The van der Waals surface area contributed by atoms with Gasteiger partial charge in [0.1, 0.15) is 17.0 Å². The van der Waals surface area contributed by atoms with Crippen LogP contribution in [0.4, 0.5) is 0 Å². The molecule has 1 aromatic carbocycles. The lowest BCUT2D eigenvalue weighted by atomic mass is 9.89. The van der Waals surface area contributed by atoms with Crippen LogP contribution in [-0.2, 0) is 22.4 Å². The van der Waals surface area contributed by atoms with Crippen LogP contribution in [0.5, 0.6) is 5.75 Å². The molecule has 0 N–H and O–H groups in total. The maximum Gasteiger partial charge on any atom is 0.192 e. The Morgan fingerprint density at radius 3 is 2.14 bits per heavy atom. The van der Waals surface area contributed by atoms with Crippen LogP contribution in [0.2, 0.25) is 18.1 Å². The minimum Gasteiger partial charge on any atom is -0.485 e. The summed E-state index contributed by atoms with van der Waals surface area (Å²) in [5.41, 5.74) is 1.38. The third-order valence-electron chi connectivity index (χ3n) is 6.31. The Morgan fingerprint density at radius 2 is 1.55 bits per heavy atom. The largest absolute Gasteiger partial charge is 0.485 e. The number of thiophene rings is 1. The Kier molecular flexibility index (Phi) is 7.43. The fourth-order valence-electron chi connectivity index (χ4n) is 2.41. The molecule has 0 radical (unpaired) electrons. The van der Waals surface area contributed by atoms with Crippen LogP contribution >= 0.6 is 11.3 Å². The number of hydrogen-bond acceptors (Lipinski definition) is 4. The lowest BCUT2D eigenvalue weighted by Gasteiger charge is -2.41. The summed E-state index contributed by atoms with van der Waals surface area (Å²) in [6.45, 7) is 20.9. The topological polar surface area (TPSA) is 27.7 Å². The summed E-state index contributed by atoms with van der Waals surface area (Å²) in [6.07, 6.45) is 0. The lowest BCUT2D eigenvalue weighted by molar-refractivity contribution is -0.141. The average Bonchev–Trinajstić information content (AvgIpc) is 3.11. The van der Waals surface area contributed by atoms with Gasteiger partial charge in [-0.3, -0.25) is 0 Å². The highest BCUT2D eigenvalue weighted by Gasteiger charge is 2.40. The highest BCUT2D eigenvalue weighted by Crippen LogP contribution is 2.37. The van der Waals surface area contributed by atoms with Gasteiger partial charge in [0.05, 0.1) is 13.2 Å². The van der Waals surface area contributed by atoms with Crippen LogP contribution in [0.3, 0.4) is 0 Å². The van der Waals surface area contributed by atoms with E-state index in [9.17, 15) is 0 Å². The molecule has 0 unspecified atom stereocenters. The molecule has 0 amide bonds. The van der Waals surface area contributed by atoms with Gasteiger partial charge in [0.15, 0.2) is 8.32 Å². The maximum atomic E-state index is 6.41. The molecule has 0 saturated carbocycles. The zero-order chi connectivity index (χ0) is 21.9. The van der Waals surface area contributed by atoms with E-state index in [0.717, 1.165) is 11.3 Å². The first-order valence-electron chi connectivity index (χ1n) is 10.3. The van der Waals surface area contributed by atoms with Crippen molar-refractivity contribution in [3.8, 4) is 5.75 Å². The van der Waals surface area contributed by atoms with Crippen LogP contribution in [-0.4, -0.2) is 19.5 Å². The van der Waals surface area contributed by atoms with Gasteiger partial charge in [0.2, 0.25) is 0 Å². The maximum absolute atomic E-state index is 6.41. The van der Waals surface area contributed by atoms with E-state index in [1.165, 1.54) is 5.56 Å². The predicted molar refractivity (Wildman–Crippen MR) is 126 cm³/mol. The van der Waals surface area contributed by atoms with E-state index in [2.05, 4.69) is 90.5 Å². The van der Waals surface area contributed by atoms with Crippen molar-refractivity contribution >= 4 is 19.7 Å². The fourth-order valence-corrected chi connectivity index (χ4v) is 4.02. The van der Waals surface area contributed by atoms with Gasteiger partial charge in [-0.05, 0) is 85.9 Å². The van der Waals surface area contributed by atoms with Crippen molar-refractivity contribution < 1.29 is 13.9 Å². The van der Waals surface area contributed by atoms with Crippen molar-refractivity contribution in [1.82, 2.24) is 0 Å². The third kappa shape index (κ3) is 6.42. The van der Waals surface area contributed by atoms with Crippen molar-refractivity contribution in [2.24, 2.45) is 0 Å². The Labute approximate surface area is 182 Å². The molecule has 0 saturated heterocycles. The molecule has 0 aliphatic rings. The highest BCUT2D eigenvalue weighted by atomic mass is 32.1. The zero-order valence-electron chi connectivity index (χ0n) is 19.6. The lowest BCUT2D eigenvalue weighted by Crippen LogP contribution is -2.51. The summed E-state index contributed by atoms with van der Waals surface area (Å²) >= 11 is 1.69. The molecular weight excluding hydrogens is 396 g/mol. The van der Waals surface area contributed by atoms with Crippen LogP contribution in [0.25, 0.3) is 0 Å². The first-order valence-corrected chi connectivity index (χ1v) is 14.2. The smallest absolute Gasteiger partial charge is 0.192 e. The molecule has 3 nitrogen and oxygen atoms in total. The molecule has 1 heterocycles. The van der Waals surface area contributed by atoms with E-state index in [4.69, 9.17) is 13.9 Å². The molecule has 0 fully saturated rings.